The number of allylic oxidation sites excluding steroid dienone is 8. The molecule has 0 radical (unpaired) electrons. The molecule has 0 aromatic rings. The van der Waals surface area contributed by atoms with Crippen LogP contribution in [0.4, 0.5) is 0 Å². The van der Waals surface area contributed by atoms with Crippen molar-refractivity contribution in [2.45, 2.75) is 76.4 Å². The summed E-state index contributed by atoms with van der Waals surface area (Å²) in [5.41, 5.74) is 3.21. The standard InChI is InChI=1S/2C9H15Si.2CH3.2ClH.H2Si.Ti/c2*1-8-5-6-9(7-8)10(2,3)4;;;;;;/h2*7H,5H2,1-4H3;2*1H3;2*1H;1H2;. The van der Waals surface area contributed by atoms with E-state index in [0.29, 0.717) is 0 Å². The molecule has 2 aliphatic carbocycles. The Morgan fingerprint density at radius 1 is 0.731 bits per heavy atom. The molecule has 2 rings (SSSR count). The summed E-state index contributed by atoms with van der Waals surface area (Å²) in [4.78, 5) is 0. The first-order valence-corrected chi connectivity index (χ1v) is 25.1. The summed E-state index contributed by atoms with van der Waals surface area (Å²) < 4.78 is 3.83. The first kappa shape index (κ1) is 26.9. The minimum Gasteiger partial charge on any atom is -0.147 e. The normalized spacial score (nSPS) is 19.2. The van der Waals surface area contributed by atoms with E-state index in [0.717, 1.165) is 0 Å². The van der Waals surface area contributed by atoms with Gasteiger partial charge in [-0.3, -0.25) is 0 Å². The number of hydrogen-bond donors (Lipinski definition) is 0. The van der Waals surface area contributed by atoms with Crippen LogP contribution in [0.25, 0.3) is 0 Å². The molecule has 0 N–H and O–H groups in total. The smallest absolute Gasteiger partial charge is 0.147 e. The molecule has 0 fully saturated rings. The van der Waals surface area contributed by atoms with Gasteiger partial charge in [0, 0.05) is 0 Å². The van der Waals surface area contributed by atoms with Gasteiger partial charge in [-0.15, -0.1) is 24.8 Å². The van der Waals surface area contributed by atoms with E-state index < -0.39 is 30.2 Å². The largest absolute Gasteiger partial charge is 0.147 e. The molecule has 26 heavy (non-hydrogen) atoms. The molecule has 0 nitrogen and oxygen atoms in total. The molecular weight excluding hydrogens is 443 g/mol. The topological polar surface area (TPSA) is 0 Å². The molecule has 0 amide bonds. The Morgan fingerprint density at radius 3 is 1.23 bits per heavy atom. The fourth-order valence-corrected chi connectivity index (χ4v) is 24.8. The number of hydrogen-bond acceptors (Lipinski definition) is 0. The molecule has 0 spiro atoms. The van der Waals surface area contributed by atoms with E-state index in [1.165, 1.54) is 12.8 Å². The summed E-state index contributed by atoms with van der Waals surface area (Å²) in [6.07, 6.45) is 7.67. The quantitative estimate of drug-likeness (QED) is 0.373. The molecule has 2 aliphatic rings. The Balaban J connectivity index is 0.00000312. The zero-order chi connectivity index (χ0) is 18.7. The van der Waals surface area contributed by atoms with Crippen molar-refractivity contribution < 1.29 is 14.0 Å². The van der Waals surface area contributed by atoms with Crippen LogP contribution < -0.4 is 0 Å². The molecule has 0 saturated carbocycles. The van der Waals surface area contributed by atoms with Crippen LogP contribution >= 0.6 is 24.8 Å². The average Bonchev–Trinajstić information content (AvgIpc) is 2.91. The van der Waals surface area contributed by atoms with Crippen LogP contribution in [0, 0.1) is 0 Å². The van der Waals surface area contributed by atoms with Crippen LogP contribution in [0.5, 0.6) is 0 Å². The van der Waals surface area contributed by atoms with Crippen molar-refractivity contribution in [1.29, 1.82) is 0 Å². The summed E-state index contributed by atoms with van der Waals surface area (Å²) in [5, 5.41) is 9.03. The minimum absolute atomic E-state index is 0. The van der Waals surface area contributed by atoms with Gasteiger partial charge in [0.15, 0.2) is 0 Å². The Bertz CT molecular complexity index is 719. The molecule has 0 aliphatic heterocycles. The van der Waals surface area contributed by atoms with Gasteiger partial charge in [-0.1, -0.05) is 0 Å². The molecule has 0 atom stereocenters. The maximum atomic E-state index is 2.72. The van der Waals surface area contributed by atoms with Gasteiger partial charge in [-0.2, -0.15) is 0 Å². The average molecular weight is 484 g/mol. The van der Waals surface area contributed by atoms with Crippen LogP contribution in [0.15, 0.2) is 41.4 Å². The summed E-state index contributed by atoms with van der Waals surface area (Å²) >= 11 is -2.84. The van der Waals surface area contributed by atoms with E-state index >= 15 is 0 Å². The molecule has 150 valence electrons. The zero-order valence-electron chi connectivity index (χ0n) is 18.6. The second kappa shape index (κ2) is 7.97. The summed E-state index contributed by atoms with van der Waals surface area (Å²) in [5.74, 6) is 0. The van der Waals surface area contributed by atoms with Crippen molar-refractivity contribution in [3.8, 4) is 0 Å². The van der Waals surface area contributed by atoms with Gasteiger partial charge in [-0.25, -0.2) is 0 Å². The van der Waals surface area contributed by atoms with E-state index in [2.05, 4.69) is 83.4 Å². The number of rotatable bonds is 4. The second-order valence-electron chi connectivity index (χ2n) is 11.3. The SMILES string of the molecule is CC1=CC([Si](C)(C)C)=[C]([Ti]([CH3])([CH3])(=[SiH2])[C]2=C([Si](C)(C)C)C=C(C)C2)C1.Cl.Cl. The first-order chi connectivity index (χ1) is 10.5. The summed E-state index contributed by atoms with van der Waals surface area (Å²) in [7, 11) is -0.147. The molecular formula is C20H40Cl2Si3Ti. The third-order valence-electron chi connectivity index (χ3n) is 5.89. The van der Waals surface area contributed by atoms with Gasteiger partial charge in [0.05, 0.1) is 0 Å². The molecule has 0 heterocycles. The Labute approximate surface area is 179 Å². The predicted molar refractivity (Wildman–Crippen MR) is 132 cm³/mol. The van der Waals surface area contributed by atoms with Gasteiger partial charge < -0.3 is 0 Å². The summed E-state index contributed by atoms with van der Waals surface area (Å²) in [6.45, 7) is 19.9. The Morgan fingerprint density at radius 2 is 1.00 bits per heavy atom. The molecule has 0 bridgehead atoms. The zero-order valence-corrected chi connectivity index (χ0v) is 25.2. The van der Waals surface area contributed by atoms with Crippen LogP contribution in [-0.4, -0.2) is 23.8 Å². The maximum absolute atomic E-state index is 2.84. The van der Waals surface area contributed by atoms with E-state index in [-0.39, 0.29) is 24.8 Å². The van der Waals surface area contributed by atoms with Crippen molar-refractivity contribution in [3.05, 3.63) is 41.4 Å². The summed E-state index contributed by atoms with van der Waals surface area (Å²) in [6, 6.07) is 0. The maximum Gasteiger partial charge on any atom is -0.147 e. The second-order valence-corrected chi connectivity index (χ2v) is 40.4. The molecule has 0 aromatic heterocycles. The van der Waals surface area contributed by atoms with E-state index in [1.54, 1.807) is 21.5 Å². The molecule has 6 heteroatoms. The third-order valence-corrected chi connectivity index (χ3v) is 21.8. The minimum atomic E-state index is -2.84. The monoisotopic (exact) mass is 482 g/mol. The van der Waals surface area contributed by atoms with Crippen LogP contribution in [0.3, 0.4) is 0 Å². The van der Waals surface area contributed by atoms with Crippen LogP contribution in [-0.2, 0) is 14.0 Å². The van der Waals surface area contributed by atoms with Crippen LogP contribution in [0.2, 0.25) is 49.7 Å². The Hall–Kier alpha value is 0.905. The Kier molecular flexibility index (Phi) is 8.25. The van der Waals surface area contributed by atoms with Crippen molar-refractivity contribution in [3.63, 3.8) is 0 Å². The number of halogens is 2. The van der Waals surface area contributed by atoms with Gasteiger partial charge >= 0.3 is 156 Å². The van der Waals surface area contributed by atoms with E-state index in [4.69, 9.17) is 0 Å². The molecule has 0 aromatic carbocycles. The molecule has 0 saturated heterocycles. The van der Waals surface area contributed by atoms with Gasteiger partial charge in [0.2, 0.25) is 0 Å². The third kappa shape index (κ3) is 5.08. The van der Waals surface area contributed by atoms with Gasteiger partial charge in [0.25, 0.3) is 0 Å². The first-order valence-electron chi connectivity index (χ1n) is 9.42. The van der Waals surface area contributed by atoms with Gasteiger partial charge in [-0.05, 0) is 0 Å². The fraction of sp³-hybridized carbons (Fsp3) is 0.600. The molecule has 0 unspecified atom stereocenters. The fourth-order valence-electron chi connectivity index (χ4n) is 4.47. The van der Waals surface area contributed by atoms with Gasteiger partial charge in [0.1, 0.15) is 0 Å². The van der Waals surface area contributed by atoms with Crippen molar-refractivity contribution in [1.82, 2.24) is 0 Å². The van der Waals surface area contributed by atoms with Crippen molar-refractivity contribution in [2.24, 2.45) is 0 Å². The van der Waals surface area contributed by atoms with E-state index in [9.17, 15) is 0 Å². The van der Waals surface area contributed by atoms with E-state index in [1.807, 2.05) is 7.76 Å². The van der Waals surface area contributed by atoms with Crippen LogP contribution in [0.1, 0.15) is 26.7 Å². The van der Waals surface area contributed by atoms with Crippen molar-refractivity contribution >= 4 is 48.6 Å². The predicted octanol–water partition coefficient (Wildman–Crippen LogP) is 7.13. The van der Waals surface area contributed by atoms with Crippen molar-refractivity contribution in [2.75, 3.05) is 0 Å².